The van der Waals surface area contributed by atoms with Gasteiger partial charge in [-0.15, -0.1) is 0 Å². The molecule has 0 aliphatic rings. The fraction of sp³-hybridized carbons (Fsp3) is 0.894. The van der Waals surface area contributed by atoms with E-state index in [2.05, 4.69) is 31.3 Å². The summed E-state index contributed by atoms with van der Waals surface area (Å²) in [6.45, 7) is 4.31. The van der Waals surface area contributed by atoms with Crippen LogP contribution in [0.3, 0.4) is 0 Å². The van der Waals surface area contributed by atoms with Gasteiger partial charge in [-0.3, -0.25) is 4.79 Å². The lowest BCUT2D eigenvalue weighted by Crippen LogP contribution is -2.45. The molecule has 1 amide bonds. The van der Waals surface area contributed by atoms with E-state index in [1.54, 1.807) is 6.08 Å². The molecule has 302 valence electrons. The Balaban J connectivity index is 3.54. The average molecular weight is 718 g/mol. The van der Waals surface area contributed by atoms with Crippen LogP contribution in [0.5, 0.6) is 0 Å². The molecule has 0 rings (SSSR count). The van der Waals surface area contributed by atoms with Crippen LogP contribution in [0.25, 0.3) is 0 Å². The molecular formula is C47H91NO3. The van der Waals surface area contributed by atoms with E-state index in [-0.39, 0.29) is 12.5 Å². The first-order valence-electron chi connectivity index (χ1n) is 23.1. The molecule has 0 aliphatic heterocycles. The summed E-state index contributed by atoms with van der Waals surface area (Å²) in [6, 6.07) is -0.634. The van der Waals surface area contributed by atoms with Gasteiger partial charge in [-0.25, -0.2) is 0 Å². The number of unbranched alkanes of at least 4 members (excludes halogenated alkanes) is 33. The lowest BCUT2D eigenvalue weighted by Gasteiger charge is -2.19. The normalized spacial score (nSPS) is 13.1. The summed E-state index contributed by atoms with van der Waals surface area (Å²) >= 11 is 0. The minimum absolute atomic E-state index is 0.0711. The van der Waals surface area contributed by atoms with Crippen LogP contribution in [0.15, 0.2) is 24.3 Å². The predicted molar refractivity (Wildman–Crippen MR) is 225 cm³/mol. The zero-order valence-corrected chi connectivity index (χ0v) is 34.6. The number of amides is 1. The van der Waals surface area contributed by atoms with Gasteiger partial charge in [0, 0.05) is 6.42 Å². The molecule has 0 heterocycles. The molecule has 0 aromatic rings. The number of nitrogens with one attached hydrogen (secondary N) is 1. The second-order valence-electron chi connectivity index (χ2n) is 15.8. The molecule has 3 N–H and O–H groups in total. The van der Waals surface area contributed by atoms with Gasteiger partial charge in [0.2, 0.25) is 5.91 Å². The van der Waals surface area contributed by atoms with Crippen molar-refractivity contribution < 1.29 is 15.0 Å². The minimum atomic E-state index is -0.858. The van der Waals surface area contributed by atoms with Gasteiger partial charge in [0.1, 0.15) is 0 Å². The van der Waals surface area contributed by atoms with Gasteiger partial charge in [-0.2, -0.15) is 0 Å². The average Bonchev–Trinajstić information content (AvgIpc) is 3.13. The summed E-state index contributed by atoms with van der Waals surface area (Å²) < 4.78 is 0. The predicted octanol–water partition coefficient (Wildman–Crippen LogP) is 14.4. The van der Waals surface area contributed by atoms with Crippen LogP contribution >= 0.6 is 0 Å². The van der Waals surface area contributed by atoms with Gasteiger partial charge in [0.15, 0.2) is 0 Å². The monoisotopic (exact) mass is 718 g/mol. The highest BCUT2D eigenvalue weighted by Crippen LogP contribution is 2.16. The first kappa shape index (κ1) is 49.9. The van der Waals surface area contributed by atoms with Crippen LogP contribution in [0.1, 0.15) is 251 Å². The van der Waals surface area contributed by atoms with Gasteiger partial charge >= 0.3 is 0 Å². The molecule has 4 heteroatoms. The SMILES string of the molecule is CCCCCCCCCCCCCCCCCCCCC/C=C/CC/C=C/C(O)C(CO)NC(=O)CCCCCCCCCCCCCCCC. The summed E-state index contributed by atoms with van der Waals surface area (Å²) in [5, 5.41) is 23.0. The Morgan fingerprint density at radius 2 is 0.765 bits per heavy atom. The fourth-order valence-electron chi connectivity index (χ4n) is 7.14. The molecule has 0 aromatic heterocycles. The molecule has 2 atom stereocenters. The van der Waals surface area contributed by atoms with E-state index in [1.807, 2.05) is 6.08 Å². The molecule has 0 bridgehead atoms. The van der Waals surface area contributed by atoms with Gasteiger partial charge in [-0.1, -0.05) is 237 Å². The quantitative estimate of drug-likeness (QED) is 0.0435. The van der Waals surface area contributed by atoms with Crippen LogP contribution in [-0.2, 0) is 4.79 Å². The van der Waals surface area contributed by atoms with Crippen molar-refractivity contribution in [3.8, 4) is 0 Å². The van der Waals surface area contributed by atoms with Crippen molar-refractivity contribution in [3.05, 3.63) is 24.3 Å². The van der Waals surface area contributed by atoms with Crippen LogP contribution in [0.2, 0.25) is 0 Å². The Hall–Kier alpha value is -1.13. The number of allylic oxidation sites excluding steroid dienone is 3. The second-order valence-corrected chi connectivity index (χ2v) is 15.8. The number of hydrogen-bond donors (Lipinski definition) is 3. The summed E-state index contributed by atoms with van der Waals surface area (Å²) in [4.78, 5) is 12.4. The van der Waals surface area contributed by atoms with E-state index in [9.17, 15) is 15.0 Å². The zero-order chi connectivity index (χ0) is 37.1. The third-order valence-corrected chi connectivity index (χ3v) is 10.7. The van der Waals surface area contributed by atoms with Crippen molar-refractivity contribution in [1.29, 1.82) is 0 Å². The van der Waals surface area contributed by atoms with Crippen molar-refractivity contribution in [2.24, 2.45) is 0 Å². The van der Waals surface area contributed by atoms with E-state index in [4.69, 9.17) is 0 Å². The molecule has 0 fully saturated rings. The molecule has 0 radical (unpaired) electrons. The Morgan fingerprint density at radius 3 is 1.14 bits per heavy atom. The van der Waals surface area contributed by atoms with Gasteiger partial charge < -0.3 is 15.5 Å². The van der Waals surface area contributed by atoms with Crippen LogP contribution in [0, 0.1) is 0 Å². The van der Waals surface area contributed by atoms with E-state index in [1.165, 1.54) is 199 Å². The maximum atomic E-state index is 12.4. The largest absolute Gasteiger partial charge is 0.394 e. The molecule has 0 saturated heterocycles. The summed E-state index contributed by atoms with van der Waals surface area (Å²) in [7, 11) is 0. The van der Waals surface area contributed by atoms with Crippen molar-refractivity contribution in [1.82, 2.24) is 5.32 Å². The van der Waals surface area contributed by atoms with Crippen LogP contribution < -0.4 is 5.32 Å². The maximum Gasteiger partial charge on any atom is 0.220 e. The first-order valence-corrected chi connectivity index (χ1v) is 23.1. The number of hydrogen-bond acceptors (Lipinski definition) is 3. The van der Waals surface area contributed by atoms with Crippen molar-refractivity contribution in [2.45, 2.75) is 264 Å². The first-order chi connectivity index (χ1) is 25.2. The highest BCUT2D eigenvalue weighted by Gasteiger charge is 2.17. The van der Waals surface area contributed by atoms with E-state index in [0.717, 1.165) is 32.1 Å². The zero-order valence-electron chi connectivity index (χ0n) is 34.6. The molecule has 0 saturated carbocycles. The van der Waals surface area contributed by atoms with E-state index in [0.29, 0.717) is 6.42 Å². The Morgan fingerprint density at radius 1 is 0.451 bits per heavy atom. The smallest absolute Gasteiger partial charge is 0.220 e. The van der Waals surface area contributed by atoms with Crippen LogP contribution in [-0.4, -0.2) is 34.9 Å². The minimum Gasteiger partial charge on any atom is -0.394 e. The highest BCUT2D eigenvalue weighted by molar-refractivity contribution is 5.76. The Kier molecular flexibility index (Phi) is 42.3. The molecule has 0 aliphatic carbocycles. The summed E-state index contributed by atoms with van der Waals surface area (Å²) in [5.41, 5.74) is 0. The van der Waals surface area contributed by atoms with E-state index < -0.39 is 12.1 Å². The number of rotatable bonds is 42. The van der Waals surface area contributed by atoms with Crippen molar-refractivity contribution >= 4 is 5.91 Å². The molecule has 0 spiro atoms. The number of carbonyl (C=O) groups excluding carboxylic acids is 1. The third kappa shape index (κ3) is 39.9. The van der Waals surface area contributed by atoms with Crippen molar-refractivity contribution in [3.63, 3.8) is 0 Å². The van der Waals surface area contributed by atoms with Gasteiger partial charge in [-0.05, 0) is 32.1 Å². The van der Waals surface area contributed by atoms with Gasteiger partial charge in [0.05, 0.1) is 18.8 Å². The molecule has 0 aromatic carbocycles. The summed E-state index contributed by atoms with van der Waals surface area (Å²) in [5.74, 6) is -0.0711. The maximum absolute atomic E-state index is 12.4. The fourth-order valence-corrected chi connectivity index (χ4v) is 7.14. The number of aliphatic hydroxyl groups is 2. The number of carbonyl (C=O) groups is 1. The van der Waals surface area contributed by atoms with Crippen LogP contribution in [0.4, 0.5) is 0 Å². The van der Waals surface area contributed by atoms with Gasteiger partial charge in [0.25, 0.3) is 0 Å². The summed E-state index contributed by atoms with van der Waals surface area (Å²) in [6.07, 6.45) is 55.9. The van der Waals surface area contributed by atoms with Crippen molar-refractivity contribution in [2.75, 3.05) is 6.61 Å². The molecule has 2 unspecified atom stereocenters. The molecule has 4 nitrogen and oxygen atoms in total. The second kappa shape index (κ2) is 43.3. The molecular weight excluding hydrogens is 627 g/mol. The number of aliphatic hydroxyl groups excluding tert-OH is 2. The lowest BCUT2D eigenvalue weighted by atomic mass is 10.0. The third-order valence-electron chi connectivity index (χ3n) is 10.7. The lowest BCUT2D eigenvalue weighted by molar-refractivity contribution is -0.123. The topological polar surface area (TPSA) is 69.6 Å². The molecule has 51 heavy (non-hydrogen) atoms. The Bertz CT molecular complexity index is 735. The highest BCUT2D eigenvalue weighted by atomic mass is 16.3. The standard InChI is InChI=1S/C47H91NO3/c1-3-5-7-9-11-13-15-17-19-20-21-22-23-24-25-26-27-28-29-30-32-34-36-38-40-42-46(50)45(44-49)48-47(51)43-41-39-37-35-33-31-18-16-14-12-10-8-6-4-2/h32,34,40,42,45-46,49-50H,3-31,33,35-39,41,43-44H2,1-2H3,(H,48,51)/b34-32+,42-40+. The Labute approximate surface area is 319 Å². The van der Waals surface area contributed by atoms with E-state index >= 15 is 0 Å².